The summed E-state index contributed by atoms with van der Waals surface area (Å²) in [5, 5.41) is 13.9. The molecule has 0 unspecified atom stereocenters. The molecule has 0 atom stereocenters. The van der Waals surface area contributed by atoms with Crippen molar-refractivity contribution in [1.82, 2.24) is 4.98 Å². The monoisotopic (exact) mass is 332 g/mol. The van der Waals surface area contributed by atoms with Crippen LogP contribution in [0.15, 0.2) is 48.8 Å². The number of amides is 1. The number of carbonyl (C=O) groups is 1. The molecule has 0 spiro atoms. The molecule has 1 heterocycles. The molecule has 0 bridgehead atoms. The minimum absolute atomic E-state index is 0.431. The number of hydrogen-bond acceptors (Lipinski definition) is 2. The van der Waals surface area contributed by atoms with E-state index in [1.807, 2.05) is 18.2 Å². The summed E-state index contributed by atoms with van der Waals surface area (Å²) in [5.74, 6) is 0. The van der Waals surface area contributed by atoms with Crippen LogP contribution in [0.25, 0.3) is 21.9 Å². The van der Waals surface area contributed by atoms with E-state index >= 15 is 0 Å². The third-order valence-electron chi connectivity index (χ3n) is 3.22. The van der Waals surface area contributed by atoms with Gasteiger partial charge in [0.2, 0.25) is 0 Å². The van der Waals surface area contributed by atoms with Gasteiger partial charge in [-0.1, -0.05) is 41.4 Å². The molecule has 0 aliphatic rings. The fourth-order valence-corrected chi connectivity index (χ4v) is 2.90. The molecule has 2 N–H and O–H groups in total. The van der Waals surface area contributed by atoms with Crippen molar-refractivity contribution in [1.29, 1.82) is 0 Å². The highest BCUT2D eigenvalue weighted by molar-refractivity contribution is 6.35. The molecule has 110 valence electrons. The van der Waals surface area contributed by atoms with Gasteiger partial charge in [-0.2, -0.15) is 0 Å². The third-order valence-corrected chi connectivity index (χ3v) is 3.66. The van der Waals surface area contributed by atoms with E-state index in [4.69, 9.17) is 28.3 Å². The molecule has 3 rings (SSSR count). The lowest BCUT2D eigenvalue weighted by Crippen LogP contribution is -2.07. The summed E-state index contributed by atoms with van der Waals surface area (Å²) >= 11 is 12.1. The van der Waals surface area contributed by atoms with Crippen LogP contribution in [0.1, 0.15) is 0 Å². The largest absolute Gasteiger partial charge is 0.465 e. The van der Waals surface area contributed by atoms with Gasteiger partial charge in [0.25, 0.3) is 0 Å². The molecule has 0 saturated carbocycles. The van der Waals surface area contributed by atoms with Crippen molar-refractivity contribution in [3.05, 3.63) is 58.8 Å². The normalized spacial score (nSPS) is 10.6. The Morgan fingerprint density at radius 3 is 2.45 bits per heavy atom. The second-order valence-electron chi connectivity index (χ2n) is 4.68. The molecule has 2 aromatic carbocycles. The molecule has 1 amide bonds. The maximum atomic E-state index is 10.9. The zero-order chi connectivity index (χ0) is 15.7. The second kappa shape index (κ2) is 5.83. The van der Waals surface area contributed by atoms with Crippen molar-refractivity contribution < 1.29 is 9.90 Å². The first-order valence-corrected chi connectivity index (χ1v) is 7.13. The van der Waals surface area contributed by atoms with Crippen LogP contribution in [-0.2, 0) is 0 Å². The smallest absolute Gasteiger partial charge is 0.409 e. The lowest BCUT2D eigenvalue weighted by atomic mass is 9.99. The van der Waals surface area contributed by atoms with E-state index < -0.39 is 6.09 Å². The zero-order valence-electron chi connectivity index (χ0n) is 11.2. The Hall–Kier alpha value is -2.30. The predicted molar refractivity (Wildman–Crippen MR) is 88.8 cm³/mol. The van der Waals surface area contributed by atoms with E-state index in [0.29, 0.717) is 15.7 Å². The van der Waals surface area contributed by atoms with Crippen molar-refractivity contribution in [3.63, 3.8) is 0 Å². The van der Waals surface area contributed by atoms with Gasteiger partial charge in [0.15, 0.2) is 0 Å². The third kappa shape index (κ3) is 2.84. The van der Waals surface area contributed by atoms with Crippen LogP contribution in [-0.4, -0.2) is 16.2 Å². The molecule has 6 heteroatoms. The van der Waals surface area contributed by atoms with E-state index in [1.165, 1.54) is 6.20 Å². The summed E-state index contributed by atoms with van der Waals surface area (Å²) in [7, 11) is 0. The number of rotatable bonds is 2. The summed E-state index contributed by atoms with van der Waals surface area (Å²) in [6, 6.07) is 10.9. The number of hydrogen-bond donors (Lipinski definition) is 2. The summed E-state index contributed by atoms with van der Waals surface area (Å²) in [5.41, 5.74) is 2.15. The van der Waals surface area contributed by atoms with Crippen LogP contribution < -0.4 is 5.32 Å². The molecular formula is C16H10Cl2N2O2. The summed E-state index contributed by atoms with van der Waals surface area (Å²) < 4.78 is 0. The molecule has 0 saturated heterocycles. The Kier molecular flexibility index (Phi) is 3.88. The Balaban J connectivity index is 2.25. The summed E-state index contributed by atoms with van der Waals surface area (Å²) in [6.45, 7) is 0. The van der Waals surface area contributed by atoms with Crippen molar-refractivity contribution >= 4 is 45.8 Å². The van der Waals surface area contributed by atoms with Crippen LogP contribution in [0, 0.1) is 0 Å². The van der Waals surface area contributed by atoms with Crippen molar-refractivity contribution in [2.24, 2.45) is 0 Å². The van der Waals surface area contributed by atoms with Crippen LogP contribution in [0.3, 0.4) is 0 Å². The topological polar surface area (TPSA) is 62.2 Å². The summed E-state index contributed by atoms with van der Waals surface area (Å²) in [4.78, 5) is 15.0. The van der Waals surface area contributed by atoms with Crippen molar-refractivity contribution in [2.75, 3.05) is 5.32 Å². The van der Waals surface area contributed by atoms with E-state index in [1.54, 1.807) is 24.4 Å². The summed E-state index contributed by atoms with van der Waals surface area (Å²) in [6.07, 6.45) is 2.03. The quantitative estimate of drug-likeness (QED) is 0.669. The Labute approximate surface area is 136 Å². The number of halogens is 2. The number of anilines is 1. The Morgan fingerprint density at radius 1 is 1.05 bits per heavy atom. The van der Waals surface area contributed by atoms with Crippen LogP contribution in [0.2, 0.25) is 10.0 Å². The van der Waals surface area contributed by atoms with Gasteiger partial charge in [0, 0.05) is 27.0 Å². The average molecular weight is 333 g/mol. The van der Waals surface area contributed by atoms with Gasteiger partial charge in [-0.3, -0.25) is 10.3 Å². The Morgan fingerprint density at radius 2 is 1.77 bits per heavy atom. The van der Waals surface area contributed by atoms with Gasteiger partial charge in [-0.15, -0.1) is 0 Å². The molecular weight excluding hydrogens is 323 g/mol. The van der Waals surface area contributed by atoms with Gasteiger partial charge in [0.1, 0.15) is 0 Å². The first-order chi connectivity index (χ1) is 10.5. The van der Waals surface area contributed by atoms with Crippen LogP contribution in [0.5, 0.6) is 0 Å². The van der Waals surface area contributed by atoms with E-state index in [2.05, 4.69) is 10.3 Å². The van der Waals surface area contributed by atoms with Crippen molar-refractivity contribution in [3.8, 4) is 11.1 Å². The number of carboxylic acid groups (broad SMARTS) is 1. The molecule has 4 nitrogen and oxygen atoms in total. The molecule has 3 aromatic rings. The minimum atomic E-state index is -1.13. The van der Waals surface area contributed by atoms with Gasteiger partial charge < -0.3 is 5.11 Å². The van der Waals surface area contributed by atoms with Gasteiger partial charge in [-0.05, 0) is 29.3 Å². The van der Waals surface area contributed by atoms with E-state index in [-0.39, 0.29) is 0 Å². The number of nitrogens with zero attached hydrogens (tertiary/aromatic N) is 1. The molecule has 0 aliphatic heterocycles. The minimum Gasteiger partial charge on any atom is -0.465 e. The zero-order valence-corrected chi connectivity index (χ0v) is 12.7. The number of aromatic nitrogens is 1. The molecule has 0 fully saturated rings. The standard InChI is InChI=1S/C16H10Cl2N2O2/c17-10-4-9(5-11(18)6-10)12-2-1-3-13-14(12)7-19-8-15(13)20-16(21)22/h1-8,20H,(H,21,22). The van der Waals surface area contributed by atoms with Gasteiger partial charge >= 0.3 is 6.09 Å². The van der Waals surface area contributed by atoms with Crippen LogP contribution >= 0.6 is 23.2 Å². The van der Waals surface area contributed by atoms with E-state index in [0.717, 1.165) is 21.9 Å². The Bertz CT molecular complexity index is 861. The fraction of sp³-hybridized carbons (Fsp3) is 0. The van der Waals surface area contributed by atoms with Gasteiger partial charge in [-0.25, -0.2) is 4.79 Å². The fourth-order valence-electron chi connectivity index (χ4n) is 2.37. The number of benzene rings is 2. The number of nitrogens with one attached hydrogen (secondary N) is 1. The van der Waals surface area contributed by atoms with Crippen molar-refractivity contribution in [2.45, 2.75) is 0 Å². The number of pyridine rings is 1. The highest BCUT2D eigenvalue weighted by Gasteiger charge is 2.10. The first-order valence-electron chi connectivity index (χ1n) is 6.38. The average Bonchev–Trinajstić information content (AvgIpc) is 2.45. The molecule has 0 radical (unpaired) electrons. The lowest BCUT2D eigenvalue weighted by Gasteiger charge is -2.10. The number of fused-ring (bicyclic) bond motifs is 1. The van der Waals surface area contributed by atoms with Crippen LogP contribution in [0.4, 0.5) is 10.5 Å². The molecule has 1 aromatic heterocycles. The lowest BCUT2D eigenvalue weighted by molar-refractivity contribution is 0.210. The SMILES string of the molecule is O=C(O)Nc1cncc2c(-c3cc(Cl)cc(Cl)c3)cccc12. The highest BCUT2D eigenvalue weighted by Crippen LogP contribution is 2.34. The highest BCUT2D eigenvalue weighted by atomic mass is 35.5. The second-order valence-corrected chi connectivity index (χ2v) is 5.55. The predicted octanol–water partition coefficient (Wildman–Crippen LogP) is 5.30. The molecule has 0 aliphatic carbocycles. The maximum absolute atomic E-state index is 10.9. The van der Waals surface area contributed by atoms with E-state index in [9.17, 15) is 4.79 Å². The maximum Gasteiger partial charge on any atom is 0.409 e. The van der Waals surface area contributed by atoms with Gasteiger partial charge in [0.05, 0.1) is 11.9 Å². The molecule has 22 heavy (non-hydrogen) atoms. The first kappa shape index (κ1) is 14.6.